The highest BCUT2D eigenvalue weighted by atomic mass is 19.1. The molecule has 4 aromatic carbocycles. The van der Waals surface area contributed by atoms with E-state index in [1.165, 1.54) is 19.2 Å². The SMILES string of the molecule is COc1cc(C2C(C#N)=C(N)Oc3cc(OC(=O)COc4ccc(C)cc4)ccc32)ccc1OCc1ccccc1F. The summed E-state index contributed by atoms with van der Waals surface area (Å²) in [4.78, 5) is 12.4. The smallest absolute Gasteiger partial charge is 0.349 e. The molecule has 0 radical (unpaired) electrons. The van der Waals surface area contributed by atoms with Gasteiger partial charge in [0.25, 0.3) is 0 Å². The van der Waals surface area contributed by atoms with Gasteiger partial charge >= 0.3 is 5.97 Å². The number of ether oxygens (including phenoxy) is 5. The van der Waals surface area contributed by atoms with Gasteiger partial charge in [0.2, 0.25) is 5.88 Å². The number of carbonyl (C=O) groups is 1. The van der Waals surface area contributed by atoms with Gasteiger partial charge in [0.1, 0.15) is 41.3 Å². The molecule has 0 saturated heterocycles. The van der Waals surface area contributed by atoms with Crippen molar-refractivity contribution in [2.24, 2.45) is 5.73 Å². The molecule has 9 heteroatoms. The van der Waals surface area contributed by atoms with E-state index in [1.807, 2.05) is 19.1 Å². The Morgan fingerprint density at radius 2 is 1.74 bits per heavy atom. The van der Waals surface area contributed by atoms with Gasteiger partial charge in [0, 0.05) is 17.2 Å². The number of hydrogen-bond donors (Lipinski definition) is 1. The van der Waals surface area contributed by atoms with Crippen LogP contribution in [0.5, 0.6) is 28.7 Å². The molecule has 1 atom stereocenters. The van der Waals surface area contributed by atoms with Gasteiger partial charge in [-0.05, 0) is 48.9 Å². The zero-order chi connectivity index (χ0) is 29.6. The lowest BCUT2D eigenvalue weighted by molar-refractivity contribution is -0.136. The Labute approximate surface area is 242 Å². The fourth-order valence-electron chi connectivity index (χ4n) is 4.53. The van der Waals surface area contributed by atoms with Crippen LogP contribution in [-0.4, -0.2) is 19.7 Å². The van der Waals surface area contributed by atoms with E-state index in [1.54, 1.807) is 60.7 Å². The zero-order valence-corrected chi connectivity index (χ0v) is 22.9. The molecular weight excluding hydrogens is 539 g/mol. The van der Waals surface area contributed by atoms with Gasteiger partial charge in [0.05, 0.1) is 13.0 Å². The van der Waals surface area contributed by atoms with Gasteiger partial charge in [-0.15, -0.1) is 0 Å². The first-order valence-electron chi connectivity index (χ1n) is 13.0. The molecule has 0 amide bonds. The van der Waals surface area contributed by atoms with Crippen molar-refractivity contribution in [3.05, 3.63) is 124 Å². The molecule has 0 fully saturated rings. The zero-order valence-electron chi connectivity index (χ0n) is 22.9. The van der Waals surface area contributed by atoms with Crippen molar-refractivity contribution in [3.8, 4) is 34.8 Å². The number of hydrogen-bond acceptors (Lipinski definition) is 8. The van der Waals surface area contributed by atoms with E-state index in [2.05, 4.69) is 6.07 Å². The first kappa shape index (κ1) is 28.1. The van der Waals surface area contributed by atoms with Gasteiger partial charge in [0.15, 0.2) is 18.1 Å². The number of nitrogens with zero attached hydrogens (tertiary/aromatic N) is 1. The predicted octanol–water partition coefficient (Wildman–Crippen LogP) is 5.92. The summed E-state index contributed by atoms with van der Waals surface area (Å²) < 4.78 is 42.1. The first-order chi connectivity index (χ1) is 20.4. The van der Waals surface area contributed by atoms with Crippen LogP contribution >= 0.6 is 0 Å². The quantitative estimate of drug-likeness (QED) is 0.196. The topological polar surface area (TPSA) is 113 Å². The Kier molecular flexibility index (Phi) is 8.25. The maximum Gasteiger partial charge on any atom is 0.349 e. The second-order valence-electron chi connectivity index (χ2n) is 9.49. The summed E-state index contributed by atoms with van der Waals surface area (Å²) in [5.74, 6) is 0.287. The molecule has 1 aliphatic rings. The van der Waals surface area contributed by atoms with Gasteiger partial charge in [-0.1, -0.05) is 48.0 Å². The summed E-state index contributed by atoms with van der Waals surface area (Å²) in [6.07, 6.45) is 0. The van der Waals surface area contributed by atoms with Crippen molar-refractivity contribution >= 4 is 5.97 Å². The largest absolute Gasteiger partial charge is 0.493 e. The summed E-state index contributed by atoms with van der Waals surface area (Å²) in [5, 5.41) is 9.94. The lowest BCUT2D eigenvalue weighted by Gasteiger charge is -2.27. The van der Waals surface area contributed by atoms with Crippen molar-refractivity contribution in [3.63, 3.8) is 0 Å². The van der Waals surface area contributed by atoms with Gasteiger partial charge in [-0.2, -0.15) is 5.26 Å². The highest BCUT2D eigenvalue weighted by Gasteiger charge is 2.32. The summed E-state index contributed by atoms with van der Waals surface area (Å²) in [7, 11) is 1.49. The van der Waals surface area contributed by atoms with E-state index in [0.29, 0.717) is 39.7 Å². The number of rotatable bonds is 9. The van der Waals surface area contributed by atoms with E-state index in [4.69, 9.17) is 29.4 Å². The summed E-state index contributed by atoms with van der Waals surface area (Å²) in [6, 6.07) is 25.9. The number of nitrogens with two attached hydrogens (primary N) is 1. The third-order valence-corrected chi connectivity index (χ3v) is 6.66. The normalized spacial score (nSPS) is 13.8. The van der Waals surface area contributed by atoms with Crippen LogP contribution in [0.1, 0.15) is 28.2 Å². The molecule has 1 heterocycles. The van der Waals surface area contributed by atoms with Crippen molar-refractivity contribution < 1.29 is 32.9 Å². The summed E-state index contributed by atoms with van der Waals surface area (Å²) in [6.45, 7) is 1.68. The summed E-state index contributed by atoms with van der Waals surface area (Å²) >= 11 is 0. The van der Waals surface area contributed by atoms with Crippen LogP contribution < -0.4 is 29.4 Å². The Bertz CT molecular complexity index is 1690. The van der Waals surface area contributed by atoms with Gasteiger partial charge in [-0.3, -0.25) is 0 Å². The third-order valence-electron chi connectivity index (χ3n) is 6.66. The van der Waals surface area contributed by atoms with E-state index in [-0.39, 0.29) is 36.2 Å². The molecule has 2 N–H and O–H groups in total. The Morgan fingerprint density at radius 3 is 2.48 bits per heavy atom. The van der Waals surface area contributed by atoms with Crippen molar-refractivity contribution in [1.82, 2.24) is 0 Å². The van der Waals surface area contributed by atoms with Gasteiger partial charge < -0.3 is 29.4 Å². The molecule has 212 valence electrons. The maximum atomic E-state index is 14.1. The number of nitriles is 1. The summed E-state index contributed by atoms with van der Waals surface area (Å²) in [5.41, 5.74) is 9.16. The molecule has 5 rings (SSSR count). The van der Waals surface area contributed by atoms with E-state index in [0.717, 1.165) is 5.56 Å². The number of allylic oxidation sites excluding steroid dienone is 1. The average Bonchev–Trinajstić information content (AvgIpc) is 2.99. The van der Waals surface area contributed by atoms with Crippen LogP contribution in [0.4, 0.5) is 4.39 Å². The third kappa shape index (κ3) is 6.13. The fraction of sp³-hybridized carbons (Fsp3) is 0.152. The molecule has 1 aliphatic heterocycles. The highest BCUT2D eigenvalue weighted by Crippen LogP contribution is 2.45. The Balaban J connectivity index is 1.36. The molecule has 0 spiro atoms. The molecular formula is C33H27FN2O6. The lowest BCUT2D eigenvalue weighted by atomic mass is 9.83. The minimum absolute atomic E-state index is 0.0103. The monoisotopic (exact) mass is 566 g/mol. The Morgan fingerprint density at radius 1 is 0.976 bits per heavy atom. The number of halogens is 1. The average molecular weight is 567 g/mol. The number of fused-ring (bicyclic) bond motifs is 1. The Hall–Kier alpha value is -5.49. The maximum absolute atomic E-state index is 14.1. The van der Waals surface area contributed by atoms with Crippen molar-refractivity contribution in [2.45, 2.75) is 19.4 Å². The van der Waals surface area contributed by atoms with E-state index < -0.39 is 11.9 Å². The molecule has 0 saturated carbocycles. The molecule has 0 aliphatic carbocycles. The molecule has 42 heavy (non-hydrogen) atoms. The van der Waals surface area contributed by atoms with Gasteiger partial charge in [-0.25, -0.2) is 9.18 Å². The van der Waals surface area contributed by atoms with E-state index in [9.17, 15) is 14.4 Å². The van der Waals surface area contributed by atoms with Crippen LogP contribution in [0.3, 0.4) is 0 Å². The van der Waals surface area contributed by atoms with Crippen LogP contribution in [0.2, 0.25) is 0 Å². The molecule has 8 nitrogen and oxygen atoms in total. The molecule has 0 bridgehead atoms. The predicted molar refractivity (Wildman–Crippen MR) is 152 cm³/mol. The number of benzene rings is 4. The van der Waals surface area contributed by atoms with Crippen molar-refractivity contribution in [2.75, 3.05) is 13.7 Å². The molecule has 1 unspecified atom stereocenters. The van der Waals surface area contributed by atoms with Crippen LogP contribution in [0, 0.1) is 24.1 Å². The number of carbonyl (C=O) groups excluding carboxylic acids is 1. The number of esters is 1. The fourth-order valence-corrected chi connectivity index (χ4v) is 4.53. The first-order valence-corrected chi connectivity index (χ1v) is 13.0. The molecule has 0 aromatic heterocycles. The standard InChI is InChI=1S/C33H27FN2O6/c1-20-7-10-23(11-8-20)39-19-31(37)41-24-12-13-25-29(16-24)42-33(36)26(17-35)32(25)21-9-14-28(30(15-21)38-2)40-18-22-5-3-4-6-27(22)34/h3-16,32H,18-19,36H2,1-2H3. The van der Waals surface area contributed by atoms with E-state index >= 15 is 0 Å². The second kappa shape index (κ2) is 12.4. The van der Waals surface area contributed by atoms with Crippen LogP contribution in [0.15, 0.2) is 96.4 Å². The van der Waals surface area contributed by atoms with Crippen molar-refractivity contribution in [1.29, 1.82) is 5.26 Å². The lowest BCUT2D eigenvalue weighted by Crippen LogP contribution is -2.22. The van der Waals surface area contributed by atoms with Crippen LogP contribution in [0.25, 0.3) is 0 Å². The minimum atomic E-state index is -0.597. The number of aryl methyl sites for hydroxylation is 1. The minimum Gasteiger partial charge on any atom is -0.493 e. The second-order valence-corrected chi connectivity index (χ2v) is 9.49. The van der Waals surface area contributed by atoms with Crippen LogP contribution in [-0.2, 0) is 11.4 Å². The molecule has 4 aromatic rings. The number of methoxy groups -OCH3 is 1. The highest BCUT2D eigenvalue weighted by molar-refractivity contribution is 5.74.